The number of aryl methyl sites for hydroxylation is 1. The molecule has 0 saturated heterocycles. The fourth-order valence-corrected chi connectivity index (χ4v) is 2.25. The Labute approximate surface area is 125 Å². The third-order valence-corrected chi connectivity index (χ3v) is 3.51. The fourth-order valence-electron chi connectivity index (χ4n) is 2.25. The molecule has 0 heterocycles. The number of benzene rings is 2. The van der Waals surface area contributed by atoms with Crippen molar-refractivity contribution < 1.29 is 10.2 Å². The van der Waals surface area contributed by atoms with Gasteiger partial charge in [0.1, 0.15) is 11.5 Å². The molecule has 21 heavy (non-hydrogen) atoms. The minimum absolute atomic E-state index is 0.129. The smallest absolute Gasteiger partial charge is 0.118 e. The molecule has 4 heteroatoms. The molecule has 0 aliphatic carbocycles. The van der Waals surface area contributed by atoms with Crippen molar-refractivity contribution in [2.24, 2.45) is 5.73 Å². The molecule has 1 unspecified atom stereocenters. The Kier molecular flexibility index (Phi) is 5.60. The molecule has 0 fully saturated rings. The normalized spacial score (nSPS) is 12.2. The van der Waals surface area contributed by atoms with E-state index >= 15 is 0 Å². The molecule has 0 bridgehead atoms. The first-order valence-corrected chi connectivity index (χ1v) is 7.19. The Morgan fingerprint density at radius 2 is 1.38 bits per heavy atom. The van der Waals surface area contributed by atoms with E-state index < -0.39 is 0 Å². The van der Waals surface area contributed by atoms with Gasteiger partial charge in [-0.25, -0.2) is 0 Å². The molecule has 2 aromatic carbocycles. The predicted molar refractivity (Wildman–Crippen MR) is 84.2 cm³/mol. The van der Waals surface area contributed by atoms with Gasteiger partial charge in [0.05, 0.1) is 6.17 Å². The molecule has 2 aromatic rings. The first-order chi connectivity index (χ1) is 10.2. The van der Waals surface area contributed by atoms with Gasteiger partial charge < -0.3 is 21.3 Å². The highest BCUT2D eigenvalue weighted by atomic mass is 16.3. The van der Waals surface area contributed by atoms with E-state index in [1.54, 1.807) is 12.1 Å². The van der Waals surface area contributed by atoms with Crippen LogP contribution in [0.2, 0.25) is 0 Å². The van der Waals surface area contributed by atoms with Gasteiger partial charge in [-0.15, -0.1) is 0 Å². The van der Waals surface area contributed by atoms with E-state index in [4.69, 9.17) is 5.73 Å². The van der Waals surface area contributed by atoms with Crippen molar-refractivity contribution in [3.05, 3.63) is 59.7 Å². The van der Waals surface area contributed by atoms with Crippen molar-refractivity contribution in [1.82, 2.24) is 5.32 Å². The van der Waals surface area contributed by atoms with E-state index in [1.165, 1.54) is 0 Å². The van der Waals surface area contributed by atoms with Gasteiger partial charge in [-0.05, 0) is 42.5 Å². The van der Waals surface area contributed by atoms with Crippen molar-refractivity contribution >= 4 is 0 Å². The lowest BCUT2D eigenvalue weighted by Gasteiger charge is -2.14. The Morgan fingerprint density at radius 1 is 0.857 bits per heavy atom. The van der Waals surface area contributed by atoms with E-state index in [9.17, 15) is 10.2 Å². The fraction of sp³-hybridized carbons (Fsp3) is 0.294. The largest absolute Gasteiger partial charge is 0.508 e. The minimum atomic E-state index is -0.129. The first-order valence-electron chi connectivity index (χ1n) is 7.19. The number of para-hydroxylation sites is 2. The van der Waals surface area contributed by atoms with Gasteiger partial charge in [0.15, 0.2) is 0 Å². The van der Waals surface area contributed by atoms with Crippen LogP contribution in [-0.2, 0) is 12.8 Å². The summed E-state index contributed by atoms with van der Waals surface area (Å²) in [7, 11) is 0. The lowest BCUT2D eigenvalue weighted by molar-refractivity contribution is 0.452. The molecule has 0 amide bonds. The molecule has 0 aliphatic rings. The van der Waals surface area contributed by atoms with Gasteiger partial charge in [0.25, 0.3) is 0 Å². The van der Waals surface area contributed by atoms with E-state index in [-0.39, 0.29) is 6.17 Å². The Morgan fingerprint density at radius 3 is 1.95 bits per heavy atom. The highest BCUT2D eigenvalue weighted by Crippen LogP contribution is 2.18. The van der Waals surface area contributed by atoms with E-state index in [1.807, 2.05) is 36.4 Å². The second-order valence-electron chi connectivity index (χ2n) is 5.11. The Bertz CT molecular complexity index is 572. The standard InChI is InChI=1S/C17H22N2O2/c18-17(10-9-13-5-1-3-7-15(13)20)19-12-11-14-6-2-4-8-16(14)21/h1-8,17,19-21H,9-12,18H2. The van der Waals surface area contributed by atoms with Crippen LogP contribution in [-0.4, -0.2) is 22.9 Å². The quantitative estimate of drug-likeness (QED) is 0.588. The number of phenols is 2. The molecule has 0 aliphatic heterocycles. The van der Waals surface area contributed by atoms with Gasteiger partial charge in [-0.1, -0.05) is 36.4 Å². The summed E-state index contributed by atoms with van der Waals surface area (Å²) in [6.07, 6.45) is 2.09. The van der Waals surface area contributed by atoms with Crippen LogP contribution < -0.4 is 11.1 Å². The summed E-state index contributed by atoms with van der Waals surface area (Å²) in [5, 5.41) is 22.6. The summed E-state index contributed by atoms with van der Waals surface area (Å²) in [5.41, 5.74) is 7.85. The number of rotatable bonds is 7. The van der Waals surface area contributed by atoms with Crippen molar-refractivity contribution in [3.8, 4) is 11.5 Å². The topological polar surface area (TPSA) is 78.5 Å². The molecule has 0 radical (unpaired) electrons. The summed E-state index contributed by atoms with van der Waals surface area (Å²) in [4.78, 5) is 0. The van der Waals surface area contributed by atoms with Crippen molar-refractivity contribution in [3.63, 3.8) is 0 Å². The van der Waals surface area contributed by atoms with E-state index in [2.05, 4.69) is 5.32 Å². The van der Waals surface area contributed by atoms with Gasteiger partial charge in [0.2, 0.25) is 0 Å². The van der Waals surface area contributed by atoms with Crippen LogP contribution in [0.1, 0.15) is 17.5 Å². The van der Waals surface area contributed by atoms with E-state index in [0.29, 0.717) is 18.0 Å². The summed E-state index contributed by atoms with van der Waals surface area (Å²) in [6.45, 7) is 0.708. The number of hydrogen-bond donors (Lipinski definition) is 4. The van der Waals surface area contributed by atoms with Crippen LogP contribution in [0.3, 0.4) is 0 Å². The second-order valence-corrected chi connectivity index (χ2v) is 5.11. The number of aromatic hydroxyl groups is 2. The molecule has 2 rings (SSSR count). The molecular weight excluding hydrogens is 264 g/mol. The number of hydrogen-bond acceptors (Lipinski definition) is 4. The van der Waals surface area contributed by atoms with Gasteiger partial charge >= 0.3 is 0 Å². The second kappa shape index (κ2) is 7.67. The third kappa shape index (κ3) is 4.77. The summed E-state index contributed by atoms with van der Waals surface area (Å²) in [5.74, 6) is 0.640. The molecule has 5 N–H and O–H groups in total. The van der Waals surface area contributed by atoms with Crippen LogP contribution >= 0.6 is 0 Å². The van der Waals surface area contributed by atoms with Gasteiger partial charge in [-0.3, -0.25) is 0 Å². The van der Waals surface area contributed by atoms with Crippen LogP contribution in [0, 0.1) is 0 Å². The SMILES string of the molecule is NC(CCc1ccccc1O)NCCc1ccccc1O. The summed E-state index contributed by atoms with van der Waals surface area (Å²) < 4.78 is 0. The van der Waals surface area contributed by atoms with Crippen molar-refractivity contribution in [2.45, 2.75) is 25.4 Å². The van der Waals surface area contributed by atoms with Crippen LogP contribution in [0.5, 0.6) is 11.5 Å². The zero-order valence-corrected chi connectivity index (χ0v) is 12.0. The monoisotopic (exact) mass is 286 g/mol. The highest BCUT2D eigenvalue weighted by molar-refractivity contribution is 5.32. The zero-order chi connectivity index (χ0) is 15.1. The number of phenolic OH excluding ortho intramolecular Hbond substituents is 2. The minimum Gasteiger partial charge on any atom is -0.508 e. The van der Waals surface area contributed by atoms with Crippen LogP contribution in [0.25, 0.3) is 0 Å². The summed E-state index contributed by atoms with van der Waals surface area (Å²) >= 11 is 0. The van der Waals surface area contributed by atoms with Gasteiger partial charge in [-0.2, -0.15) is 0 Å². The molecular formula is C17H22N2O2. The molecule has 112 valence electrons. The van der Waals surface area contributed by atoms with Gasteiger partial charge in [0, 0.05) is 6.54 Å². The Balaban J connectivity index is 1.72. The molecule has 0 saturated carbocycles. The maximum atomic E-state index is 9.69. The highest BCUT2D eigenvalue weighted by Gasteiger charge is 2.06. The average molecular weight is 286 g/mol. The maximum absolute atomic E-state index is 9.69. The average Bonchev–Trinajstić information content (AvgIpc) is 2.48. The maximum Gasteiger partial charge on any atom is 0.118 e. The Hall–Kier alpha value is -2.04. The van der Waals surface area contributed by atoms with E-state index in [0.717, 1.165) is 30.4 Å². The summed E-state index contributed by atoms with van der Waals surface area (Å²) in [6, 6.07) is 14.6. The molecule has 4 nitrogen and oxygen atoms in total. The molecule has 0 aromatic heterocycles. The lowest BCUT2D eigenvalue weighted by atomic mass is 10.1. The number of nitrogens with two attached hydrogens (primary N) is 1. The first kappa shape index (κ1) is 15.4. The van der Waals surface area contributed by atoms with Crippen molar-refractivity contribution in [1.29, 1.82) is 0 Å². The van der Waals surface area contributed by atoms with Crippen LogP contribution in [0.15, 0.2) is 48.5 Å². The third-order valence-electron chi connectivity index (χ3n) is 3.51. The number of nitrogens with one attached hydrogen (secondary N) is 1. The molecule has 1 atom stereocenters. The molecule has 0 spiro atoms. The lowest BCUT2D eigenvalue weighted by Crippen LogP contribution is -2.38. The predicted octanol–water partition coefficient (Wildman–Crippen LogP) is 2.15. The zero-order valence-electron chi connectivity index (χ0n) is 12.0. The van der Waals surface area contributed by atoms with Crippen LogP contribution in [0.4, 0.5) is 0 Å². The van der Waals surface area contributed by atoms with Crippen molar-refractivity contribution in [2.75, 3.05) is 6.54 Å².